The summed E-state index contributed by atoms with van der Waals surface area (Å²) >= 11 is 0. The Morgan fingerprint density at radius 1 is 1.21 bits per heavy atom. The number of nitrogens with one attached hydrogen (secondary N) is 1. The molecule has 0 atom stereocenters. The maximum atomic E-state index is 12.2. The Bertz CT molecular complexity index is 608. The van der Waals surface area contributed by atoms with Crippen molar-refractivity contribution >= 4 is 11.6 Å². The van der Waals surface area contributed by atoms with Crippen LogP contribution in [0.25, 0.3) is 0 Å². The summed E-state index contributed by atoms with van der Waals surface area (Å²) < 4.78 is 5.09. The first-order valence-corrected chi connectivity index (χ1v) is 5.86. The second kappa shape index (κ2) is 5.44. The number of rotatable bonds is 3. The zero-order chi connectivity index (χ0) is 13.8. The molecule has 0 radical (unpaired) electrons. The van der Waals surface area contributed by atoms with E-state index < -0.39 is 5.91 Å². The van der Waals surface area contributed by atoms with Gasteiger partial charge in [0, 0.05) is 5.69 Å². The Morgan fingerprint density at radius 2 is 1.95 bits per heavy atom. The largest absolute Gasteiger partial charge is 0.507 e. The topological polar surface area (TPSA) is 58.6 Å². The van der Waals surface area contributed by atoms with Gasteiger partial charge in [-0.3, -0.25) is 4.79 Å². The first kappa shape index (κ1) is 13.0. The molecule has 1 amide bonds. The number of carbonyl (C=O) groups is 1. The van der Waals surface area contributed by atoms with Crippen molar-refractivity contribution in [3.63, 3.8) is 0 Å². The third-order valence-corrected chi connectivity index (χ3v) is 2.73. The molecule has 0 aliphatic heterocycles. The van der Waals surface area contributed by atoms with Gasteiger partial charge < -0.3 is 15.2 Å². The molecule has 0 fully saturated rings. The summed E-state index contributed by atoms with van der Waals surface area (Å²) in [6.07, 6.45) is 0. The zero-order valence-electron chi connectivity index (χ0n) is 10.8. The summed E-state index contributed by atoms with van der Waals surface area (Å²) in [4.78, 5) is 12.2. The molecule has 0 heterocycles. The Balaban J connectivity index is 2.30. The number of phenols is 1. The lowest BCUT2D eigenvalue weighted by molar-refractivity contribution is 0.102. The van der Waals surface area contributed by atoms with Crippen molar-refractivity contribution in [2.24, 2.45) is 0 Å². The van der Waals surface area contributed by atoms with Crippen LogP contribution in [0.1, 0.15) is 15.9 Å². The van der Waals surface area contributed by atoms with Crippen molar-refractivity contribution in [2.45, 2.75) is 6.92 Å². The van der Waals surface area contributed by atoms with Crippen LogP contribution in [0.3, 0.4) is 0 Å². The summed E-state index contributed by atoms with van der Waals surface area (Å²) in [7, 11) is 1.46. The number of amides is 1. The van der Waals surface area contributed by atoms with Crippen LogP contribution < -0.4 is 10.1 Å². The molecule has 98 valence electrons. The highest BCUT2D eigenvalue weighted by atomic mass is 16.5. The van der Waals surface area contributed by atoms with Gasteiger partial charge in [0.25, 0.3) is 5.91 Å². The maximum Gasteiger partial charge on any atom is 0.263 e. The minimum absolute atomic E-state index is 0.107. The van der Waals surface area contributed by atoms with Crippen molar-refractivity contribution < 1.29 is 14.6 Å². The molecule has 0 aliphatic rings. The number of methoxy groups -OCH3 is 1. The van der Waals surface area contributed by atoms with Crippen LogP contribution in [0.15, 0.2) is 42.5 Å². The fourth-order valence-electron chi connectivity index (χ4n) is 1.83. The number of phenolic OH excluding ortho intramolecular Hbond substituents is 1. The van der Waals surface area contributed by atoms with Crippen molar-refractivity contribution in [3.05, 3.63) is 53.6 Å². The molecule has 19 heavy (non-hydrogen) atoms. The highest BCUT2D eigenvalue weighted by Crippen LogP contribution is 2.28. The maximum absolute atomic E-state index is 12.2. The van der Waals surface area contributed by atoms with Gasteiger partial charge in [-0.15, -0.1) is 0 Å². The van der Waals surface area contributed by atoms with Crippen LogP contribution in [0.4, 0.5) is 5.69 Å². The summed E-state index contributed by atoms with van der Waals surface area (Å²) in [5.74, 6) is -0.171. The van der Waals surface area contributed by atoms with E-state index in [1.807, 2.05) is 25.1 Å². The van der Waals surface area contributed by atoms with Gasteiger partial charge >= 0.3 is 0 Å². The summed E-state index contributed by atoms with van der Waals surface area (Å²) in [6, 6.07) is 12.1. The second-order valence-electron chi connectivity index (χ2n) is 4.18. The van der Waals surface area contributed by atoms with Gasteiger partial charge in [0.05, 0.1) is 7.11 Å². The second-order valence-corrected chi connectivity index (χ2v) is 4.18. The number of benzene rings is 2. The molecule has 0 aliphatic carbocycles. The van der Waals surface area contributed by atoms with E-state index in [-0.39, 0.29) is 11.3 Å². The van der Waals surface area contributed by atoms with Gasteiger partial charge in [0.2, 0.25) is 0 Å². The number of hydrogen-bond acceptors (Lipinski definition) is 3. The minimum Gasteiger partial charge on any atom is -0.507 e. The SMILES string of the molecule is COc1cccc(O)c1C(=O)Nc1cccc(C)c1. The predicted octanol–water partition coefficient (Wildman–Crippen LogP) is 2.96. The minimum atomic E-state index is -0.402. The fraction of sp³-hybridized carbons (Fsp3) is 0.133. The number of aromatic hydroxyl groups is 1. The monoisotopic (exact) mass is 257 g/mol. The molecule has 0 saturated carbocycles. The third-order valence-electron chi connectivity index (χ3n) is 2.73. The van der Waals surface area contributed by atoms with Crippen LogP contribution in [0.5, 0.6) is 11.5 Å². The standard InChI is InChI=1S/C15H15NO3/c1-10-5-3-6-11(9-10)16-15(18)14-12(17)7-4-8-13(14)19-2/h3-9,17H,1-2H3,(H,16,18). The molecule has 2 rings (SSSR count). The number of aryl methyl sites for hydroxylation is 1. The van der Waals surface area contributed by atoms with E-state index in [0.29, 0.717) is 11.4 Å². The van der Waals surface area contributed by atoms with Crippen LogP contribution in [-0.2, 0) is 0 Å². The summed E-state index contributed by atoms with van der Waals surface area (Å²) in [6.45, 7) is 1.94. The first-order valence-electron chi connectivity index (χ1n) is 5.86. The molecule has 0 unspecified atom stereocenters. The van der Waals surface area contributed by atoms with E-state index in [9.17, 15) is 9.90 Å². The van der Waals surface area contributed by atoms with Gasteiger partial charge in [-0.1, -0.05) is 18.2 Å². The van der Waals surface area contributed by atoms with Crippen LogP contribution in [0, 0.1) is 6.92 Å². The third kappa shape index (κ3) is 2.85. The van der Waals surface area contributed by atoms with Crippen molar-refractivity contribution in [1.82, 2.24) is 0 Å². The van der Waals surface area contributed by atoms with E-state index >= 15 is 0 Å². The molecule has 2 N–H and O–H groups in total. The van der Waals surface area contributed by atoms with E-state index in [4.69, 9.17) is 4.74 Å². The van der Waals surface area contributed by atoms with Gasteiger partial charge in [-0.25, -0.2) is 0 Å². The Hall–Kier alpha value is -2.49. The predicted molar refractivity (Wildman–Crippen MR) is 73.8 cm³/mol. The molecular formula is C15H15NO3. The van der Waals surface area contributed by atoms with Crippen molar-refractivity contribution in [2.75, 3.05) is 12.4 Å². The smallest absolute Gasteiger partial charge is 0.263 e. The van der Waals surface area contributed by atoms with Gasteiger partial charge in [0.1, 0.15) is 17.1 Å². The van der Waals surface area contributed by atoms with E-state index in [1.54, 1.807) is 18.2 Å². The van der Waals surface area contributed by atoms with Crippen LogP contribution in [-0.4, -0.2) is 18.1 Å². The van der Waals surface area contributed by atoms with Gasteiger partial charge in [-0.05, 0) is 36.8 Å². The van der Waals surface area contributed by atoms with Crippen LogP contribution >= 0.6 is 0 Å². The molecule has 2 aromatic carbocycles. The van der Waals surface area contributed by atoms with E-state index in [1.165, 1.54) is 13.2 Å². The average molecular weight is 257 g/mol. The van der Waals surface area contributed by atoms with E-state index in [0.717, 1.165) is 5.56 Å². The molecule has 2 aromatic rings. The quantitative estimate of drug-likeness (QED) is 0.888. The normalized spacial score (nSPS) is 10.0. The lowest BCUT2D eigenvalue weighted by Gasteiger charge is -2.11. The molecular weight excluding hydrogens is 242 g/mol. The lowest BCUT2D eigenvalue weighted by atomic mass is 10.1. The molecule has 0 aromatic heterocycles. The van der Waals surface area contributed by atoms with Crippen LogP contribution in [0.2, 0.25) is 0 Å². The Kier molecular flexibility index (Phi) is 3.71. The number of carbonyl (C=O) groups excluding carboxylic acids is 1. The molecule has 4 heteroatoms. The van der Waals surface area contributed by atoms with Crippen molar-refractivity contribution in [3.8, 4) is 11.5 Å². The van der Waals surface area contributed by atoms with Gasteiger partial charge in [0.15, 0.2) is 0 Å². The molecule has 0 bridgehead atoms. The zero-order valence-corrected chi connectivity index (χ0v) is 10.8. The molecule has 4 nitrogen and oxygen atoms in total. The Morgan fingerprint density at radius 3 is 2.63 bits per heavy atom. The van der Waals surface area contributed by atoms with Crippen molar-refractivity contribution in [1.29, 1.82) is 0 Å². The van der Waals surface area contributed by atoms with Gasteiger partial charge in [-0.2, -0.15) is 0 Å². The fourth-order valence-corrected chi connectivity index (χ4v) is 1.83. The van der Waals surface area contributed by atoms with E-state index in [2.05, 4.69) is 5.32 Å². The molecule has 0 saturated heterocycles. The summed E-state index contributed by atoms with van der Waals surface area (Å²) in [5.41, 5.74) is 1.85. The first-order chi connectivity index (χ1) is 9.11. The Labute approximate surface area is 111 Å². The molecule has 0 spiro atoms. The number of ether oxygens (including phenoxy) is 1. The summed E-state index contributed by atoms with van der Waals surface area (Å²) in [5, 5.41) is 12.5. The number of anilines is 1. The lowest BCUT2D eigenvalue weighted by Crippen LogP contribution is -2.13. The average Bonchev–Trinajstić information content (AvgIpc) is 2.38. The highest BCUT2D eigenvalue weighted by molar-refractivity contribution is 6.08. The highest BCUT2D eigenvalue weighted by Gasteiger charge is 2.17. The number of hydrogen-bond donors (Lipinski definition) is 2.